The highest BCUT2D eigenvalue weighted by Crippen LogP contribution is 2.27. The molecule has 1 amide bonds. The maximum atomic E-state index is 12.8. The number of hydrogen-bond acceptors (Lipinski definition) is 5. The smallest absolute Gasteiger partial charge is 0.328 e. The van der Waals surface area contributed by atoms with Crippen molar-refractivity contribution in [3.8, 4) is 11.1 Å². The summed E-state index contributed by atoms with van der Waals surface area (Å²) < 4.78 is 10.1. The molecular weight excluding hydrogens is 414 g/mol. The van der Waals surface area contributed by atoms with Crippen LogP contribution in [0.3, 0.4) is 0 Å². The van der Waals surface area contributed by atoms with Crippen LogP contribution in [-0.4, -0.2) is 38.1 Å². The van der Waals surface area contributed by atoms with E-state index in [2.05, 4.69) is 26.0 Å². The van der Waals surface area contributed by atoms with Gasteiger partial charge < -0.3 is 14.8 Å². The van der Waals surface area contributed by atoms with Crippen LogP contribution in [0, 0.1) is 0 Å². The van der Waals surface area contributed by atoms with Gasteiger partial charge in [-0.15, -0.1) is 0 Å². The highest BCUT2D eigenvalue weighted by molar-refractivity contribution is 9.10. The Morgan fingerprint density at radius 1 is 1.04 bits per heavy atom. The van der Waals surface area contributed by atoms with E-state index in [0.29, 0.717) is 5.56 Å². The Labute approximate surface area is 166 Å². The summed E-state index contributed by atoms with van der Waals surface area (Å²) in [6.07, 6.45) is 0.0741. The summed E-state index contributed by atoms with van der Waals surface area (Å²) in [5, 5.41) is 2.66. The Balaban J connectivity index is 2.27. The number of amides is 1. The third kappa shape index (κ3) is 5.65. The van der Waals surface area contributed by atoms with Gasteiger partial charge in [0.15, 0.2) is 0 Å². The number of nitrogens with one attached hydrogen (secondary N) is 1. The fraction of sp³-hybridized carbons (Fsp3) is 0.250. The van der Waals surface area contributed by atoms with Crippen molar-refractivity contribution < 1.29 is 23.9 Å². The van der Waals surface area contributed by atoms with Gasteiger partial charge in [-0.3, -0.25) is 9.59 Å². The molecule has 0 saturated carbocycles. The van der Waals surface area contributed by atoms with Crippen molar-refractivity contribution in [2.75, 3.05) is 14.2 Å². The van der Waals surface area contributed by atoms with Gasteiger partial charge in [0.1, 0.15) is 6.04 Å². The van der Waals surface area contributed by atoms with E-state index in [1.807, 2.05) is 36.4 Å². The summed E-state index contributed by atoms with van der Waals surface area (Å²) in [5.74, 6) is -1.51. The molecule has 0 aliphatic rings. The molecule has 0 radical (unpaired) electrons. The van der Waals surface area contributed by atoms with Crippen molar-refractivity contribution in [1.82, 2.24) is 5.32 Å². The van der Waals surface area contributed by atoms with Gasteiger partial charge in [0.2, 0.25) is 0 Å². The van der Waals surface area contributed by atoms with Crippen molar-refractivity contribution in [2.24, 2.45) is 0 Å². The lowest BCUT2D eigenvalue weighted by Gasteiger charge is -2.17. The molecule has 2 rings (SSSR count). The molecule has 2 aromatic carbocycles. The minimum Gasteiger partial charge on any atom is -0.469 e. The number of methoxy groups -OCH3 is 2. The summed E-state index contributed by atoms with van der Waals surface area (Å²) in [5.41, 5.74) is 2.00. The van der Waals surface area contributed by atoms with E-state index < -0.39 is 23.9 Å². The van der Waals surface area contributed by atoms with Crippen molar-refractivity contribution >= 4 is 33.8 Å². The van der Waals surface area contributed by atoms with Gasteiger partial charge in [0.25, 0.3) is 5.91 Å². The molecule has 0 unspecified atom stereocenters. The number of benzene rings is 2. The van der Waals surface area contributed by atoms with E-state index in [1.165, 1.54) is 14.2 Å². The largest absolute Gasteiger partial charge is 0.469 e. The van der Waals surface area contributed by atoms with Crippen molar-refractivity contribution in [3.63, 3.8) is 0 Å². The summed E-state index contributed by atoms with van der Waals surface area (Å²) in [7, 11) is 2.50. The van der Waals surface area contributed by atoms with Gasteiger partial charge in [0, 0.05) is 16.5 Å². The normalized spacial score (nSPS) is 11.4. The van der Waals surface area contributed by atoms with Gasteiger partial charge >= 0.3 is 11.9 Å². The summed E-state index contributed by atoms with van der Waals surface area (Å²) >= 11 is 3.42. The van der Waals surface area contributed by atoms with Crippen LogP contribution in [0.15, 0.2) is 53.0 Å². The number of carbonyl (C=O) groups is 3. The van der Waals surface area contributed by atoms with E-state index in [9.17, 15) is 14.4 Å². The van der Waals surface area contributed by atoms with Crippen molar-refractivity contribution in [3.05, 3.63) is 58.6 Å². The van der Waals surface area contributed by atoms with Crippen LogP contribution < -0.4 is 5.32 Å². The monoisotopic (exact) mass is 433 g/mol. The molecule has 27 heavy (non-hydrogen) atoms. The van der Waals surface area contributed by atoms with E-state index in [1.54, 1.807) is 12.1 Å². The molecule has 0 aliphatic heterocycles. The number of ether oxygens (including phenoxy) is 2. The number of halogens is 1. The van der Waals surface area contributed by atoms with E-state index in [0.717, 1.165) is 15.6 Å². The molecule has 0 spiro atoms. The second-order valence-electron chi connectivity index (χ2n) is 5.72. The van der Waals surface area contributed by atoms with Crippen molar-refractivity contribution in [2.45, 2.75) is 18.9 Å². The van der Waals surface area contributed by atoms with E-state index in [4.69, 9.17) is 4.74 Å². The zero-order valence-corrected chi connectivity index (χ0v) is 16.6. The van der Waals surface area contributed by atoms with Crippen LogP contribution in [0.5, 0.6) is 0 Å². The highest BCUT2D eigenvalue weighted by atomic mass is 79.9. The first-order valence-electron chi connectivity index (χ1n) is 8.26. The molecule has 0 heterocycles. The first-order valence-corrected chi connectivity index (χ1v) is 9.06. The SMILES string of the molecule is COC(=O)CC[C@@H](NC(=O)c1ccc(Br)cc1-c1ccccc1)C(=O)OC. The van der Waals surface area contributed by atoms with Crippen LogP contribution in [0.25, 0.3) is 11.1 Å². The maximum absolute atomic E-state index is 12.8. The Kier molecular flexibility index (Phi) is 7.55. The van der Waals surface area contributed by atoms with Crippen LogP contribution >= 0.6 is 15.9 Å². The van der Waals surface area contributed by atoms with Gasteiger partial charge in [0.05, 0.1) is 14.2 Å². The predicted octanol–water partition coefficient (Wildman–Crippen LogP) is 3.34. The lowest BCUT2D eigenvalue weighted by atomic mass is 9.99. The number of carbonyl (C=O) groups excluding carboxylic acids is 3. The maximum Gasteiger partial charge on any atom is 0.328 e. The van der Waals surface area contributed by atoms with Crippen LogP contribution in [-0.2, 0) is 19.1 Å². The van der Waals surface area contributed by atoms with Gasteiger partial charge in [-0.05, 0) is 35.7 Å². The molecule has 142 valence electrons. The molecule has 6 nitrogen and oxygen atoms in total. The lowest BCUT2D eigenvalue weighted by molar-refractivity contribution is -0.144. The second kappa shape index (κ2) is 9.87. The first-order chi connectivity index (χ1) is 13.0. The average Bonchev–Trinajstić information content (AvgIpc) is 2.70. The highest BCUT2D eigenvalue weighted by Gasteiger charge is 2.24. The minimum absolute atomic E-state index is 0.0115. The molecule has 0 aromatic heterocycles. The quantitative estimate of drug-likeness (QED) is 0.677. The first kappa shape index (κ1) is 20.6. The molecule has 7 heteroatoms. The number of esters is 2. The van der Waals surface area contributed by atoms with Gasteiger partial charge in [-0.25, -0.2) is 4.79 Å². The third-order valence-electron chi connectivity index (χ3n) is 3.97. The summed E-state index contributed by atoms with van der Waals surface area (Å²) in [6.45, 7) is 0. The minimum atomic E-state index is -0.950. The Hall–Kier alpha value is -2.67. The van der Waals surface area contributed by atoms with Crippen molar-refractivity contribution in [1.29, 1.82) is 0 Å². The zero-order valence-electron chi connectivity index (χ0n) is 15.0. The Morgan fingerprint density at radius 2 is 1.74 bits per heavy atom. The average molecular weight is 434 g/mol. The number of hydrogen-bond donors (Lipinski definition) is 1. The number of rotatable bonds is 7. The molecule has 0 saturated heterocycles. The predicted molar refractivity (Wildman–Crippen MR) is 104 cm³/mol. The summed E-state index contributed by atoms with van der Waals surface area (Å²) in [6, 6.07) is 13.8. The fourth-order valence-electron chi connectivity index (χ4n) is 2.56. The van der Waals surface area contributed by atoms with Gasteiger partial charge in [-0.2, -0.15) is 0 Å². The zero-order chi connectivity index (χ0) is 19.8. The van der Waals surface area contributed by atoms with E-state index in [-0.39, 0.29) is 12.8 Å². The second-order valence-corrected chi connectivity index (χ2v) is 6.64. The Morgan fingerprint density at radius 3 is 2.37 bits per heavy atom. The standard InChI is InChI=1S/C20H20BrNO5/c1-26-18(23)11-10-17(20(25)27-2)22-19(24)15-9-8-14(21)12-16(15)13-6-4-3-5-7-13/h3-9,12,17H,10-11H2,1-2H3,(H,22,24)/t17-/m1/s1. The molecule has 0 bridgehead atoms. The molecule has 1 atom stereocenters. The topological polar surface area (TPSA) is 81.7 Å². The molecular formula is C20H20BrNO5. The van der Waals surface area contributed by atoms with Crippen LogP contribution in [0.2, 0.25) is 0 Å². The van der Waals surface area contributed by atoms with E-state index >= 15 is 0 Å². The summed E-state index contributed by atoms with van der Waals surface area (Å²) in [4.78, 5) is 36.2. The molecule has 1 N–H and O–H groups in total. The lowest BCUT2D eigenvalue weighted by Crippen LogP contribution is -2.42. The molecule has 0 aliphatic carbocycles. The third-order valence-corrected chi connectivity index (χ3v) is 4.46. The molecule has 0 fully saturated rings. The molecule has 2 aromatic rings. The Bertz CT molecular complexity index is 822. The fourth-order valence-corrected chi connectivity index (χ4v) is 2.92. The van der Waals surface area contributed by atoms with Gasteiger partial charge in [-0.1, -0.05) is 46.3 Å². The van der Waals surface area contributed by atoms with Crippen LogP contribution in [0.1, 0.15) is 23.2 Å². The van der Waals surface area contributed by atoms with Crippen LogP contribution in [0.4, 0.5) is 0 Å².